The van der Waals surface area contributed by atoms with Crippen LogP contribution in [0.4, 0.5) is 4.39 Å². The molecule has 0 N–H and O–H groups in total. The van der Waals surface area contributed by atoms with Crippen LogP contribution in [0.1, 0.15) is 19.8 Å². The lowest BCUT2D eigenvalue weighted by Gasteiger charge is -2.37. The molecule has 0 aromatic carbocycles. The van der Waals surface area contributed by atoms with E-state index in [2.05, 4.69) is 4.90 Å². The second-order valence-electron chi connectivity index (χ2n) is 4.82. The van der Waals surface area contributed by atoms with Crippen LogP contribution in [0.15, 0.2) is 0 Å². The summed E-state index contributed by atoms with van der Waals surface area (Å²) >= 11 is 0. The SMILES string of the molecule is C[C@]1(F)CCCN(C[C@H]2COCCO2)C1. The Hall–Kier alpha value is -0.190. The van der Waals surface area contributed by atoms with Crippen LogP contribution in [0.3, 0.4) is 0 Å². The van der Waals surface area contributed by atoms with E-state index in [0.717, 1.165) is 19.5 Å². The molecule has 2 fully saturated rings. The minimum atomic E-state index is -1.02. The third-order valence-electron chi connectivity index (χ3n) is 3.07. The van der Waals surface area contributed by atoms with Crippen molar-refractivity contribution in [2.45, 2.75) is 31.5 Å². The highest BCUT2D eigenvalue weighted by Gasteiger charge is 2.31. The molecule has 2 rings (SSSR count). The van der Waals surface area contributed by atoms with Crippen LogP contribution >= 0.6 is 0 Å². The number of nitrogens with zero attached hydrogens (tertiary/aromatic N) is 1. The fourth-order valence-corrected chi connectivity index (χ4v) is 2.38. The lowest BCUT2D eigenvalue weighted by molar-refractivity contribution is -0.103. The van der Waals surface area contributed by atoms with E-state index in [4.69, 9.17) is 9.47 Å². The standard InChI is InChI=1S/C11H20FNO2/c1-11(12)3-2-4-13(9-11)7-10-8-14-5-6-15-10/h10H,2-9H2,1H3/t10-,11-/m0/s1. The van der Waals surface area contributed by atoms with Gasteiger partial charge in [-0.1, -0.05) is 0 Å². The second-order valence-corrected chi connectivity index (χ2v) is 4.82. The first-order chi connectivity index (χ1) is 7.16. The molecular formula is C11H20FNO2. The van der Waals surface area contributed by atoms with Crippen LogP contribution in [-0.2, 0) is 9.47 Å². The predicted molar refractivity (Wildman–Crippen MR) is 55.7 cm³/mol. The van der Waals surface area contributed by atoms with E-state index in [-0.39, 0.29) is 6.10 Å². The lowest BCUT2D eigenvalue weighted by atomic mass is 9.97. The van der Waals surface area contributed by atoms with Crippen LogP contribution in [0, 0.1) is 0 Å². The Kier molecular flexibility index (Phi) is 3.59. The molecule has 0 aromatic heterocycles. The summed E-state index contributed by atoms with van der Waals surface area (Å²) in [4.78, 5) is 2.16. The molecule has 0 spiro atoms. The molecule has 0 aromatic rings. The molecule has 0 radical (unpaired) electrons. The number of piperidine rings is 1. The number of ether oxygens (including phenoxy) is 2. The van der Waals surface area contributed by atoms with Gasteiger partial charge in [0.2, 0.25) is 0 Å². The first-order valence-corrected chi connectivity index (χ1v) is 5.76. The normalized spacial score (nSPS) is 39.2. The Morgan fingerprint density at radius 2 is 2.33 bits per heavy atom. The van der Waals surface area contributed by atoms with Gasteiger partial charge in [0.25, 0.3) is 0 Å². The molecular weight excluding hydrogens is 197 g/mol. The molecule has 0 unspecified atom stereocenters. The molecule has 0 aliphatic carbocycles. The molecule has 2 aliphatic rings. The van der Waals surface area contributed by atoms with E-state index >= 15 is 0 Å². The maximum absolute atomic E-state index is 13.8. The molecule has 2 saturated heterocycles. The van der Waals surface area contributed by atoms with Gasteiger partial charge in [-0.05, 0) is 26.3 Å². The van der Waals surface area contributed by atoms with Crippen LogP contribution < -0.4 is 0 Å². The summed E-state index contributed by atoms with van der Waals surface area (Å²) in [5, 5.41) is 0. The summed E-state index contributed by atoms with van der Waals surface area (Å²) in [5.74, 6) is 0. The summed E-state index contributed by atoms with van der Waals surface area (Å²) in [6, 6.07) is 0. The molecule has 3 nitrogen and oxygen atoms in total. The van der Waals surface area contributed by atoms with Gasteiger partial charge < -0.3 is 9.47 Å². The average Bonchev–Trinajstić information content (AvgIpc) is 2.17. The van der Waals surface area contributed by atoms with E-state index in [1.807, 2.05) is 0 Å². The zero-order valence-electron chi connectivity index (χ0n) is 9.38. The summed E-state index contributed by atoms with van der Waals surface area (Å²) in [7, 11) is 0. The minimum Gasteiger partial charge on any atom is -0.376 e. The van der Waals surface area contributed by atoms with Crippen LogP contribution in [-0.4, -0.2) is 56.1 Å². The number of halogens is 1. The molecule has 15 heavy (non-hydrogen) atoms. The monoisotopic (exact) mass is 217 g/mol. The third-order valence-corrected chi connectivity index (χ3v) is 3.07. The largest absolute Gasteiger partial charge is 0.376 e. The van der Waals surface area contributed by atoms with E-state index in [9.17, 15) is 4.39 Å². The summed E-state index contributed by atoms with van der Waals surface area (Å²) in [5.41, 5.74) is -1.02. The fourth-order valence-electron chi connectivity index (χ4n) is 2.38. The maximum Gasteiger partial charge on any atom is 0.120 e. The number of likely N-dealkylation sites (tertiary alicyclic amines) is 1. The Morgan fingerprint density at radius 1 is 1.47 bits per heavy atom. The molecule has 2 atom stereocenters. The Labute approximate surface area is 90.5 Å². The van der Waals surface area contributed by atoms with Crippen molar-refractivity contribution in [1.82, 2.24) is 4.90 Å². The average molecular weight is 217 g/mol. The molecule has 0 bridgehead atoms. The first kappa shape index (κ1) is 11.3. The Morgan fingerprint density at radius 3 is 3.00 bits per heavy atom. The van der Waals surface area contributed by atoms with E-state index in [0.29, 0.717) is 32.8 Å². The summed E-state index contributed by atoms with van der Waals surface area (Å²) in [6.45, 7) is 6.03. The van der Waals surface area contributed by atoms with Gasteiger partial charge in [0.1, 0.15) is 5.67 Å². The van der Waals surface area contributed by atoms with E-state index in [1.54, 1.807) is 6.92 Å². The smallest absolute Gasteiger partial charge is 0.120 e. The van der Waals surface area contributed by atoms with Gasteiger partial charge in [0, 0.05) is 13.1 Å². The van der Waals surface area contributed by atoms with Gasteiger partial charge >= 0.3 is 0 Å². The zero-order valence-corrected chi connectivity index (χ0v) is 9.38. The van der Waals surface area contributed by atoms with Crippen LogP contribution in [0.2, 0.25) is 0 Å². The fraction of sp³-hybridized carbons (Fsp3) is 1.00. The highest BCUT2D eigenvalue weighted by molar-refractivity contribution is 4.84. The van der Waals surface area contributed by atoms with Crippen molar-refractivity contribution in [3.63, 3.8) is 0 Å². The quantitative estimate of drug-likeness (QED) is 0.694. The van der Waals surface area contributed by atoms with Gasteiger partial charge in [0.05, 0.1) is 25.9 Å². The zero-order chi connectivity index (χ0) is 10.7. The highest BCUT2D eigenvalue weighted by atomic mass is 19.1. The number of hydrogen-bond acceptors (Lipinski definition) is 3. The van der Waals surface area contributed by atoms with Crippen molar-refractivity contribution in [1.29, 1.82) is 0 Å². The number of alkyl halides is 1. The molecule has 0 amide bonds. The van der Waals surface area contributed by atoms with Crippen molar-refractivity contribution < 1.29 is 13.9 Å². The number of rotatable bonds is 2. The second kappa shape index (κ2) is 4.76. The van der Waals surface area contributed by atoms with Crippen LogP contribution in [0.5, 0.6) is 0 Å². The Balaban J connectivity index is 1.78. The topological polar surface area (TPSA) is 21.7 Å². The molecule has 4 heteroatoms. The first-order valence-electron chi connectivity index (χ1n) is 5.76. The van der Waals surface area contributed by atoms with Gasteiger partial charge in [-0.2, -0.15) is 0 Å². The highest BCUT2D eigenvalue weighted by Crippen LogP contribution is 2.24. The van der Waals surface area contributed by atoms with Gasteiger partial charge in [-0.15, -0.1) is 0 Å². The van der Waals surface area contributed by atoms with Gasteiger partial charge in [0.15, 0.2) is 0 Å². The van der Waals surface area contributed by atoms with E-state index in [1.165, 1.54) is 0 Å². The lowest BCUT2D eigenvalue weighted by Crippen LogP contribution is -2.48. The van der Waals surface area contributed by atoms with E-state index < -0.39 is 5.67 Å². The van der Waals surface area contributed by atoms with Crippen molar-refractivity contribution in [3.05, 3.63) is 0 Å². The molecule has 88 valence electrons. The van der Waals surface area contributed by atoms with Crippen molar-refractivity contribution in [2.24, 2.45) is 0 Å². The Bertz CT molecular complexity index is 205. The van der Waals surface area contributed by atoms with Gasteiger partial charge in [-0.25, -0.2) is 4.39 Å². The van der Waals surface area contributed by atoms with Crippen molar-refractivity contribution >= 4 is 0 Å². The predicted octanol–water partition coefficient (Wildman–Crippen LogP) is 1.23. The van der Waals surface area contributed by atoms with Crippen molar-refractivity contribution in [2.75, 3.05) is 39.5 Å². The van der Waals surface area contributed by atoms with Gasteiger partial charge in [-0.3, -0.25) is 4.90 Å². The molecule has 0 saturated carbocycles. The molecule has 2 heterocycles. The minimum absolute atomic E-state index is 0.132. The maximum atomic E-state index is 13.8. The third kappa shape index (κ3) is 3.40. The molecule has 2 aliphatic heterocycles. The van der Waals surface area contributed by atoms with Crippen molar-refractivity contribution in [3.8, 4) is 0 Å². The summed E-state index contributed by atoms with van der Waals surface area (Å²) in [6.07, 6.45) is 1.76. The number of hydrogen-bond donors (Lipinski definition) is 0. The van der Waals surface area contributed by atoms with Crippen LogP contribution in [0.25, 0.3) is 0 Å². The summed E-state index contributed by atoms with van der Waals surface area (Å²) < 4.78 is 24.7.